The first-order valence-corrected chi connectivity index (χ1v) is 13.0. The van der Waals surface area contributed by atoms with E-state index in [9.17, 15) is 4.79 Å². The molecule has 5 rings (SSSR count). The fraction of sp³-hybridized carbons (Fsp3) is 0.333. The van der Waals surface area contributed by atoms with Crippen molar-refractivity contribution in [3.8, 4) is 0 Å². The van der Waals surface area contributed by atoms with E-state index in [-0.39, 0.29) is 11.6 Å². The third kappa shape index (κ3) is 5.66. The second-order valence-corrected chi connectivity index (χ2v) is 10.1. The van der Waals surface area contributed by atoms with Gasteiger partial charge in [0.2, 0.25) is 0 Å². The van der Waals surface area contributed by atoms with Crippen LogP contribution in [0.2, 0.25) is 5.02 Å². The van der Waals surface area contributed by atoms with Crippen molar-refractivity contribution in [2.45, 2.75) is 45.1 Å². The number of hydrogen-bond acceptors (Lipinski definition) is 3. The van der Waals surface area contributed by atoms with Crippen LogP contribution in [0.3, 0.4) is 0 Å². The highest BCUT2D eigenvalue weighted by Crippen LogP contribution is 2.24. The third-order valence-corrected chi connectivity index (χ3v) is 7.42. The molecule has 0 aliphatic carbocycles. The number of aromatic nitrogens is 2. The number of aryl methyl sites for hydroxylation is 1. The normalized spacial score (nSPS) is 16.9. The molecule has 1 aliphatic heterocycles. The number of likely N-dealkylation sites (tertiary alicyclic amines) is 1. The number of benzene rings is 3. The molecule has 1 unspecified atom stereocenters. The lowest BCUT2D eigenvalue weighted by atomic mass is 10.0. The van der Waals surface area contributed by atoms with Gasteiger partial charge in [-0.1, -0.05) is 71.8 Å². The topological polar surface area (TPSA) is 38.1 Å². The highest BCUT2D eigenvalue weighted by molar-refractivity contribution is 6.30. The van der Waals surface area contributed by atoms with Crippen molar-refractivity contribution in [2.24, 2.45) is 0 Å². The Morgan fingerprint density at radius 2 is 1.60 bits per heavy atom. The molecule has 0 radical (unpaired) electrons. The van der Waals surface area contributed by atoms with E-state index in [2.05, 4.69) is 36.1 Å². The third-order valence-electron chi connectivity index (χ3n) is 7.16. The number of fused-ring (bicyclic) bond motifs is 1. The lowest BCUT2D eigenvalue weighted by Crippen LogP contribution is -2.30. The van der Waals surface area contributed by atoms with E-state index < -0.39 is 0 Å². The molecule has 1 fully saturated rings. The molecule has 2 heterocycles. The van der Waals surface area contributed by atoms with Crippen molar-refractivity contribution in [2.75, 3.05) is 19.6 Å². The molecular weight excluding hydrogens is 454 g/mol. The van der Waals surface area contributed by atoms with Crippen LogP contribution in [-0.4, -0.2) is 34.3 Å². The van der Waals surface area contributed by atoms with E-state index in [1.165, 1.54) is 11.1 Å². The van der Waals surface area contributed by atoms with Gasteiger partial charge in [-0.15, -0.1) is 0 Å². The van der Waals surface area contributed by atoms with Crippen molar-refractivity contribution >= 4 is 22.4 Å². The molecule has 1 atom stereocenters. The van der Waals surface area contributed by atoms with Gasteiger partial charge in [-0.25, -0.2) is 4.68 Å². The summed E-state index contributed by atoms with van der Waals surface area (Å²) in [5.74, 6) is 0. The van der Waals surface area contributed by atoms with E-state index in [1.54, 1.807) is 4.68 Å². The monoisotopic (exact) mass is 485 g/mol. The van der Waals surface area contributed by atoms with Gasteiger partial charge < -0.3 is 4.90 Å². The summed E-state index contributed by atoms with van der Waals surface area (Å²) >= 11 is 6.08. The summed E-state index contributed by atoms with van der Waals surface area (Å²) in [7, 11) is 0. The Bertz CT molecular complexity index is 1350. The lowest BCUT2D eigenvalue weighted by molar-refractivity contribution is 0.281. The van der Waals surface area contributed by atoms with Gasteiger partial charge in [0.25, 0.3) is 5.56 Å². The average molecular weight is 486 g/mol. The SMILES string of the molecule is Cc1ccc(CCN2CCCC(n3nc(Cc4ccc(Cl)cc4)c4ccccc4c3=O)CC2)cc1. The Morgan fingerprint density at radius 3 is 2.37 bits per heavy atom. The molecule has 0 spiro atoms. The molecule has 1 saturated heterocycles. The minimum absolute atomic E-state index is 0.0264. The summed E-state index contributed by atoms with van der Waals surface area (Å²) in [6.07, 6.45) is 4.73. The second kappa shape index (κ2) is 10.8. The maximum atomic E-state index is 13.5. The van der Waals surface area contributed by atoms with Crippen molar-refractivity contribution in [1.29, 1.82) is 0 Å². The zero-order chi connectivity index (χ0) is 24.2. The van der Waals surface area contributed by atoms with Crippen LogP contribution in [0.5, 0.6) is 0 Å². The fourth-order valence-corrected chi connectivity index (χ4v) is 5.22. The molecule has 0 N–H and O–H groups in total. The number of halogens is 1. The van der Waals surface area contributed by atoms with Gasteiger partial charge in [-0.2, -0.15) is 5.10 Å². The predicted molar refractivity (Wildman–Crippen MR) is 144 cm³/mol. The highest BCUT2D eigenvalue weighted by atomic mass is 35.5. The van der Waals surface area contributed by atoms with Gasteiger partial charge in [-0.05, 0) is 68.5 Å². The van der Waals surface area contributed by atoms with Gasteiger partial charge in [0, 0.05) is 29.9 Å². The van der Waals surface area contributed by atoms with Crippen molar-refractivity contribution in [1.82, 2.24) is 14.7 Å². The van der Waals surface area contributed by atoms with Crippen molar-refractivity contribution in [3.63, 3.8) is 0 Å². The first-order valence-electron chi connectivity index (χ1n) is 12.6. The average Bonchev–Trinajstić information content (AvgIpc) is 3.12. The molecule has 1 aromatic heterocycles. The number of rotatable bonds is 6. The van der Waals surface area contributed by atoms with Crippen LogP contribution in [0.25, 0.3) is 10.8 Å². The Balaban J connectivity index is 1.36. The van der Waals surface area contributed by atoms with Crippen LogP contribution < -0.4 is 5.56 Å². The summed E-state index contributed by atoms with van der Waals surface area (Å²) in [5, 5.41) is 7.39. The molecule has 4 aromatic rings. The zero-order valence-corrected chi connectivity index (χ0v) is 21.0. The molecule has 0 amide bonds. The van der Waals surface area contributed by atoms with Crippen LogP contribution in [-0.2, 0) is 12.8 Å². The minimum atomic E-state index is 0.0264. The first-order chi connectivity index (χ1) is 17.1. The summed E-state index contributed by atoms with van der Waals surface area (Å²) in [4.78, 5) is 16.0. The van der Waals surface area contributed by atoms with Crippen LogP contribution in [0.4, 0.5) is 0 Å². The molecule has 4 nitrogen and oxygen atoms in total. The van der Waals surface area contributed by atoms with Crippen LogP contribution >= 0.6 is 11.6 Å². The van der Waals surface area contributed by atoms with E-state index in [4.69, 9.17) is 16.7 Å². The standard InChI is InChI=1S/C30H32ClN3O/c1-22-8-10-23(11-9-22)16-19-33-18-4-5-26(17-20-33)34-30(35)28-7-3-2-6-27(28)29(32-34)21-24-12-14-25(31)15-13-24/h2-3,6-15,26H,4-5,16-21H2,1H3. The summed E-state index contributed by atoms with van der Waals surface area (Å²) in [6.45, 7) is 5.24. The Hall–Kier alpha value is -2.95. The summed E-state index contributed by atoms with van der Waals surface area (Å²) in [6, 6.07) is 24.7. The van der Waals surface area contributed by atoms with Gasteiger partial charge in [-0.3, -0.25) is 4.79 Å². The predicted octanol–water partition coefficient (Wildman–Crippen LogP) is 6.22. The molecule has 1 aliphatic rings. The van der Waals surface area contributed by atoms with Crippen molar-refractivity contribution < 1.29 is 0 Å². The summed E-state index contributed by atoms with van der Waals surface area (Å²) in [5.41, 5.74) is 4.80. The van der Waals surface area contributed by atoms with E-state index in [0.29, 0.717) is 6.42 Å². The smallest absolute Gasteiger partial charge is 0.274 e. The van der Waals surface area contributed by atoms with Gasteiger partial charge in [0.15, 0.2) is 0 Å². The summed E-state index contributed by atoms with van der Waals surface area (Å²) < 4.78 is 1.79. The number of hydrogen-bond donors (Lipinski definition) is 0. The van der Waals surface area contributed by atoms with Crippen LogP contribution in [0.1, 0.15) is 47.7 Å². The number of nitrogens with zero attached hydrogens (tertiary/aromatic N) is 3. The zero-order valence-electron chi connectivity index (χ0n) is 20.3. The largest absolute Gasteiger partial charge is 0.303 e. The van der Waals surface area contributed by atoms with E-state index >= 15 is 0 Å². The molecule has 35 heavy (non-hydrogen) atoms. The molecule has 180 valence electrons. The fourth-order valence-electron chi connectivity index (χ4n) is 5.10. The Labute approximate surface area is 212 Å². The maximum Gasteiger partial charge on any atom is 0.274 e. The second-order valence-electron chi connectivity index (χ2n) is 9.71. The minimum Gasteiger partial charge on any atom is -0.303 e. The molecular formula is C30H32ClN3O. The van der Waals surface area contributed by atoms with Crippen molar-refractivity contribution in [3.05, 3.63) is 111 Å². The Morgan fingerprint density at radius 1 is 0.886 bits per heavy atom. The van der Waals surface area contributed by atoms with E-state index in [0.717, 1.165) is 72.4 Å². The lowest BCUT2D eigenvalue weighted by Gasteiger charge is -2.21. The molecule has 5 heteroatoms. The molecule has 0 saturated carbocycles. The van der Waals surface area contributed by atoms with Gasteiger partial charge in [0.1, 0.15) is 0 Å². The van der Waals surface area contributed by atoms with Crippen LogP contribution in [0, 0.1) is 6.92 Å². The maximum absolute atomic E-state index is 13.5. The molecule has 0 bridgehead atoms. The molecule has 3 aromatic carbocycles. The van der Waals surface area contributed by atoms with E-state index in [1.807, 2.05) is 48.5 Å². The quantitative estimate of drug-likeness (QED) is 0.325. The van der Waals surface area contributed by atoms with Gasteiger partial charge >= 0.3 is 0 Å². The Kier molecular flexibility index (Phi) is 7.31. The first kappa shape index (κ1) is 23.8. The van der Waals surface area contributed by atoms with Gasteiger partial charge in [0.05, 0.1) is 17.1 Å². The highest BCUT2D eigenvalue weighted by Gasteiger charge is 2.22. The van der Waals surface area contributed by atoms with Crippen LogP contribution in [0.15, 0.2) is 77.6 Å².